The number of aliphatic hydroxyl groups is 1. The number of urea groups is 1. The second-order valence-corrected chi connectivity index (χ2v) is 5.15. The monoisotopic (exact) mass is 278 g/mol. The fourth-order valence-corrected chi connectivity index (χ4v) is 2.84. The van der Waals surface area contributed by atoms with Crippen LogP contribution in [0.25, 0.3) is 0 Å². The van der Waals surface area contributed by atoms with Crippen molar-refractivity contribution < 1.29 is 19.1 Å². The summed E-state index contributed by atoms with van der Waals surface area (Å²) in [4.78, 5) is 26.8. The lowest BCUT2D eigenvalue weighted by molar-refractivity contribution is -0.128. The third kappa shape index (κ3) is 2.06. The Balaban J connectivity index is 1.75. The first-order valence-electron chi connectivity index (χ1n) is 6.63. The third-order valence-electron chi connectivity index (χ3n) is 3.87. The summed E-state index contributed by atoms with van der Waals surface area (Å²) in [7, 11) is 0. The Morgan fingerprint density at radius 1 is 1.40 bits per heavy atom. The molecular weight excluding hydrogens is 263 g/mol. The molecule has 1 N–H and O–H groups in total. The summed E-state index contributed by atoms with van der Waals surface area (Å²) in [5.74, 6) is -0.718. The molecule has 2 atom stereocenters. The lowest BCUT2D eigenvalue weighted by Crippen LogP contribution is -2.36. The third-order valence-corrected chi connectivity index (χ3v) is 3.87. The molecule has 2 saturated heterocycles. The molecule has 20 heavy (non-hydrogen) atoms. The number of fused-ring (bicyclic) bond motifs is 1. The lowest BCUT2D eigenvalue weighted by atomic mass is 10.1. The first-order chi connectivity index (χ1) is 9.58. The zero-order valence-corrected chi connectivity index (χ0v) is 10.8. The smallest absolute Gasteiger partial charge is 0.327 e. The molecule has 0 unspecified atom stereocenters. The highest BCUT2D eigenvalue weighted by Crippen LogP contribution is 2.28. The van der Waals surface area contributed by atoms with E-state index in [-0.39, 0.29) is 24.5 Å². The molecule has 3 amide bonds. The van der Waals surface area contributed by atoms with E-state index in [0.717, 1.165) is 11.3 Å². The van der Waals surface area contributed by atoms with E-state index in [1.807, 2.05) is 0 Å². The minimum atomic E-state index is -1.07. The average molecular weight is 278 g/mol. The van der Waals surface area contributed by atoms with E-state index >= 15 is 0 Å². The Morgan fingerprint density at radius 3 is 2.90 bits per heavy atom. The molecule has 2 heterocycles. The van der Waals surface area contributed by atoms with E-state index in [2.05, 4.69) is 0 Å². The van der Waals surface area contributed by atoms with Gasteiger partial charge in [0.05, 0.1) is 12.6 Å². The van der Waals surface area contributed by atoms with Crippen LogP contribution in [0.2, 0.25) is 0 Å². The minimum absolute atomic E-state index is 0.131. The number of imide groups is 1. The Bertz CT molecular complexity index is 541. The Hall–Kier alpha value is -1.95. The fraction of sp³-hybridized carbons (Fsp3) is 0.429. The molecule has 0 bridgehead atoms. The Morgan fingerprint density at radius 2 is 2.20 bits per heavy atom. The molecule has 3 rings (SSSR count). The van der Waals surface area contributed by atoms with Gasteiger partial charge in [-0.2, -0.15) is 0 Å². The standard InChI is InChI=1S/C14H15FN2O3/c15-10-4-1-3-9(7-10)12(18)8-17-13(19)11-5-2-6-16(11)14(17)20/h1,3-4,7,11-12,18H,2,5-6,8H2/t11-,12-/m1/s1. The van der Waals surface area contributed by atoms with Crippen molar-refractivity contribution in [3.63, 3.8) is 0 Å². The van der Waals surface area contributed by atoms with E-state index in [9.17, 15) is 19.1 Å². The second kappa shape index (κ2) is 4.86. The number of aliphatic hydroxyl groups excluding tert-OH is 1. The van der Waals surface area contributed by atoms with Gasteiger partial charge in [0.2, 0.25) is 0 Å². The number of halogens is 1. The molecule has 106 valence electrons. The van der Waals surface area contributed by atoms with Gasteiger partial charge in [0.1, 0.15) is 11.9 Å². The zero-order chi connectivity index (χ0) is 14.3. The summed E-state index contributed by atoms with van der Waals surface area (Å²) >= 11 is 0. The lowest BCUT2D eigenvalue weighted by Gasteiger charge is -2.19. The van der Waals surface area contributed by atoms with Crippen molar-refractivity contribution in [1.29, 1.82) is 0 Å². The van der Waals surface area contributed by atoms with Crippen LogP contribution in [0.4, 0.5) is 9.18 Å². The normalized spacial score (nSPS) is 23.4. The fourth-order valence-electron chi connectivity index (χ4n) is 2.84. The van der Waals surface area contributed by atoms with Crippen LogP contribution in [0.3, 0.4) is 0 Å². The summed E-state index contributed by atoms with van der Waals surface area (Å²) in [6, 6.07) is 4.81. The molecule has 6 heteroatoms. The highest BCUT2D eigenvalue weighted by molar-refractivity contribution is 6.04. The number of amides is 3. The van der Waals surface area contributed by atoms with Crippen molar-refractivity contribution in [3.05, 3.63) is 35.6 Å². The number of benzene rings is 1. The highest BCUT2D eigenvalue weighted by Gasteiger charge is 2.47. The Kier molecular flexibility index (Phi) is 3.17. The molecule has 2 aliphatic heterocycles. The van der Waals surface area contributed by atoms with E-state index in [0.29, 0.717) is 18.5 Å². The summed E-state index contributed by atoms with van der Waals surface area (Å²) in [6.45, 7) is 0.454. The SMILES string of the molecule is O=C1[C@H]2CCCN2C(=O)N1C[C@@H](O)c1cccc(F)c1. The van der Waals surface area contributed by atoms with Gasteiger partial charge in [-0.05, 0) is 30.5 Å². The van der Waals surface area contributed by atoms with Crippen molar-refractivity contribution in [2.24, 2.45) is 0 Å². The molecule has 1 aromatic carbocycles. The molecule has 0 spiro atoms. The minimum Gasteiger partial charge on any atom is -0.387 e. The van der Waals surface area contributed by atoms with Crippen LogP contribution in [-0.2, 0) is 4.79 Å². The van der Waals surface area contributed by atoms with Crippen LogP contribution in [0.5, 0.6) is 0 Å². The van der Waals surface area contributed by atoms with Gasteiger partial charge < -0.3 is 10.0 Å². The van der Waals surface area contributed by atoms with Crippen LogP contribution in [0.15, 0.2) is 24.3 Å². The molecule has 2 fully saturated rings. The van der Waals surface area contributed by atoms with Crippen LogP contribution >= 0.6 is 0 Å². The van der Waals surface area contributed by atoms with Crippen molar-refractivity contribution >= 4 is 11.9 Å². The van der Waals surface area contributed by atoms with E-state index in [1.165, 1.54) is 18.2 Å². The first kappa shape index (κ1) is 13.1. The summed E-state index contributed by atoms with van der Waals surface area (Å²) in [6.07, 6.45) is 0.443. The maximum absolute atomic E-state index is 13.1. The highest BCUT2D eigenvalue weighted by atomic mass is 19.1. The van der Waals surface area contributed by atoms with Crippen molar-refractivity contribution in [2.45, 2.75) is 25.0 Å². The zero-order valence-electron chi connectivity index (χ0n) is 10.8. The topological polar surface area (TPSA) is 60.9 Å². The van der Waals surface area contributed by atoms with Gasteiger partial charge in [0.25, 0.3) is 5.91 Å². The molecule has 0 saturated carbocycles. The van der Waals surface area contributed by atoms with Crippen molar-refractivity contribution in [2.75, 3.05) is 13.1 Å². The van der Waals surface area contributed by atoms with Crippen LogP contribution < -0.4 is 0 Å². The maximum atomic E-state index is 13.1. The first-order valence-corrected chi connectivity index (χ1v) is 6.63. The van der Waals surface area contributed by atoms with Crippen LogP contribution in [-0.4, -0.2) is 46.0 Å². The number of β-amino-alcohol motifs (C(OH)–C–C–N with tert-alkyl or cyclic N) is 1. The Labute approximate surface area is 115 Å². The molecule has 0 radical (unpaired) electrons. The predicted octanol–water partition coefficient (Wildman–Crippen LogP) is 1.29. The quantitative estimate of drug-likeness (QED) is 0.847. The molecule has 0 aliphatic carbocycles. The number of carbonyl (C=O) groups excluding carboxylic acids is 2. The molecular formula is C14H15FN2O3. The molecule has 2 aliphatic rings. The number of hydrogen-bond acceptors (Lipinski definition) is 3. The van der Waals surface area contributed by atoms with Gasteiger partial charge in [-0.1, -0.05) is 12.1 Å². The largest absolute Gasteiger partial charge is 0.387 e. The van der Waals surface area contributed by atoms with Gasteiger partial charge in [-0.15, -0.1) is 0 Å². The van der Waals surface area contributed by atoms with Crippen LogP contribution in [0, 0.1) is 5.82 Å². The predicted molar refractivity (Wildman–Crippen MR) is 68.2 cm³/mol. The molecule has 1 aromatic rings. The van der Waals surface area contributed by atoms with Crippen molar-refractivity contribution in [1.82, 2.24) is 9.80 Å². The summed E-state index contributed by atoms with van der Waals surface area (Å²) in [5.41, 5.74) is 0.359. The van der Waals surface area contributed by atoms with Gasteiger partial charge in [0.15, 0.2) is 0 Å². The second-order valence-electron chi connectivity index (χ2n) is 5.15. The maximum Gasteiger partial charge on any atom is 0.327 e. The number of nitrogens with zero attached hydrogens (tertiary/aromatic N) is 2. The molecule has 5 nitrogen and oxygen atoms in total. The van der Waals surface area contributed by atoms with E-state index < -0.39 is 11.9 Å². The number of carbonyl (C=O) groups is 2. The van der Waals surface area contributed by atoms with Gasteiger partial charge in [-0.25, -0.2) is 9.18 Å². The summed E-state index contributed by atoms with van der Waals surface area (Å²) in [5, 5.41) is 10.1. The average Bonchev–Trinajstić information content (AvgIpc) is 2.99. The number of rotatable bonds is 3. The number of hydrogen-bond donors (Lipinski definition) is 1. The van der Waals surface area contributed by atoms with Crippen LogP contribution in [0.1, 0.15) is 24.5 Å². The molecule has 0 aromatic heterocycles. The van der Waals surface area contributed by atoms with Gasteiger partial charge >= 0.3 is 6.03 Å². The van der Waals surface area contributed by atoms with E-state index in [4.69, 9.17) is 0 Å². The van der Waals surface area contributed by atoms with Gasteiger partial charge in [-0.3, -0.25) is 9.69 Å². The van der Waals surface area contributed by atoms with E-state index in [1.54, 1.807) is 11.0 Å². The van der Waals surface area contributed by atoms with Crippen molar-refractivity contribution in [3.8, 4) is 0 Å². The summed E-state index contributed by atoms with van der Waals surface area (Å²) < 4.78 is 13.1. The van der Waals surface area contributed by atoms with Gasteiger partial charge in [0, 0.05) is 6.54 Å².